The fourth-order valence-electron chi connectivity index (χ4n) is 2.90. The van der Waals surface area contributed by atoms with Gasteiger partial charge in [-0.25, -0.2) is 5.10 Å². The van der Waals surface area contributed by atoms with E-state index in [1.807, 2.05) is 25.7 Å². The lowest BCUT2D eigenvalue weighted by Gasteiger charge is -2.41. The second kappa shape index (κ2) is 5.90. The molecule has 0 saturated carbocycles. The lowest BCUT2D eigenvalue weighted by atomic mass is 10.0. The molecule has 7 heteroatoms. The Bertz CT molecular complexity index is 763. The zero-order valence-electron chi connectivity index (χ0n) is 13.3. The van der Waals surface area contributed by atoms with Crippen molar-refractivity contribution in [3.8, 4) is 11.5 Å². The minimum absolute atomic E-state index is 0.00250. The van der Waals surface area contributed by atoms with E-state index in [2.05, 4.69) is 10.2 Å². The highest BCUT2D eigenvalue weighted by Gasteiger charge is 2.34. The van der Waals surface area contributed by atoms with Gasteiger partial charge in [0.05, 0.1) is 11.7 Å². The number of carbonyl (C=O) groups is 1. The Kier molecular flexibility index (Phi) is 4.08. The van der Waals surface area contributed by atoms with Gasteiger partial charge in [-0.2, -0.15) is 0 Å². The summed E-state index contributed by atoms with van der Waals surface area (Å²) < 4.78 is 11.1. The van der Waals surface area contributed by atoms with Gasteiger partial charge in [-0.05, 0) is 57.3 Å². The van der Waals surface area contributed by atoms with Crippen molar-refractivity contribution in [2.24, 2.45) is 0 Å². The van der Waals surface area contributed by atoms with E-state index in [9.17, 15) is 4.79 Å². The van der Waals surface area contributed by atoms with Crippen molar-refractivity contribution in [2.75, 3.05) is 13.1 Å². The Morgan fingerprint density at radius 1 is 1.39 bits per heavy atom. The summed E-state index contributed by atoms with van der Waals surface area (Å²) in [7, 11) is 0. The van der Waals surface area contributed by atoms with Crippen LogP contribution in [-0.4, -0.2) is 45.8 Å². The summed E-state index contributed by atoms with van der Waals surface area (Å²) in [6, 6.07) is 7.16. The van der Waals surface area contributed by atoms with Crippen LogP contribution in [-0.2, 0) is 4.74 Å². The molecule has 6 nitrogen and oxygen atoms in total. The van der Waals surface area contributed by atoms with Crippen LogP contribution in [0.5, 0.6) is 0 Å². The predicted molar refractivity (Wildman–Crippen MR) is 87.7 cm³/mol. The lowest BCUT2D eigenvalue weighted by Crippen LogP contribution is -2.53. The van der Waals surface area contributed by atoms with Gasteiger partial charge in [0.15, 0.2) is 0 Å². The van der Waals surface area contributed by atoms with Crippen LogP contribution in [0.25, 0.3) is 11.5 Å². The standard InChI is InChI=1S/C16H19N3O3S/c1-10-8-19(9-16(2,3)22-10)14(20)12-6-4-11(5-7-12)13-17-18-15(23)21-13/h4-7,10H,8-9H2,1-3H3,(H,18,23). The number of H-pyrrole nitrogens is 1. The summed E-state index contributed by atoms with van der Waals surface area (Å²) in [6.45, 7) is 7.15. The molecule has 1 N–H and O–H groups in total. The Morgan fingerprint density at radius 3 is 2.65 bits per heavy atom. The quantitative estimate of drug-likeness (QED) is 0.855. The molecule has 0 spiro atoms. The van der Waals surface area contributed by atoms with Crippen LogP contribution in [0.3, 0.4) is 0 Å². The highest BCUT2D eigenvalue weighted by Crippen LogP contribution is 2.23. The molecule has 1 atom stereocenters. The van der Waals surface area contributed by atoms with Gasteiger partial charge in [-0.1, -0.05) is 0 Å². The summed E-state index contributed by atoms with van der Waals surface area (Å²) in [5.41, 5.74) is 1.07. The summed E-state index contributed by atoms with van der Waals surface area (Å²) in [6.07, 6.45) is 0.0234. The fourth-order valence-corrected chi connectivity index (χ4v) is 3.02. The van der Waals surface area contributed by atoms with E-state index in [0.29, 0.717) is 24.5 Å². The van der Waals surface area contributed by atoms with E-state index >= 15 is 0 Å². The molecule has 1 fully saturated rings. The number of ether oxygens (including phenoxy) is 1. The van der Waals surface area contributed by atoms with Crippen LogP contribution in [0, 0.1) is 4.84 Å². The van der Waals surface area contributed by atoms with Crippen LogP contribution < -0.4 is 0 Å². The molecule has 0 aliphatic carbocycles. The van der Waals surface area contributed by atoms with Gasteiger partial charge in [-0.15, -0.1) is 5.10 Å². The number of nitrogens with zero attached hydrogens (tertiary/aromatic N) is 2. The van der Waals surface area contributed by atoms with Gasteiger partial charge in [0.2, 0.25) is 5.89 Å². The maximum absolute atomic E-state index is 12.7. The number of nitrogens with one attached hydrogen (secondary N) is 1. The van der Waals surface area contributed by atoms with E-state index in [1.165, 1.54) is 0 Å². The maximum atomic E-state index is 12.7. The predicted octanol–water partition coefficient (Wildman–Crippen LogP) is 3.04. The van der Waals surface area contributed by atoms with Crippen molar-refractivity contribution < 1.29 is 13.9 Å². The van der Waals surface area contributed by atoms with Crippen molar-refractivity contribution in [2.45, 2.75) is 32.5 Å². The highest BCUT2D eigenvalue weighted by atomic mass is 32.1. The number of aromatic amines is 1. The van der Waals surface area contributed by atoms with Crippen molar-refractivity contribution in [3.05, 3.63) is 34.7 Å². The SMILES string of the molecule is CC1CN(C(=O)c2ccc(-c3n[nH]c(=S)o3)cc2)CC(C)(C)O1. The molecule has 1 unspecified atom stereocenters. The number of hydrogen-bond donors (Lipinski definition) is 1. The third-order valence-corrected chi connectivity index (χ3v) is 3.85. The van der Waals surface area contributed by atoms with Gasteiger partial charge in [0.1, 0.15) is 0 Å². The molecule has 3 rings (SSSR count). The smallest absolute Gasteiger partial charge is 0.284 e. The minimum atomic E-state index is -0.332. The van der Waals surface area contributed by atoms with Gasteiger partial charge >= 0.3 is 0 Å². The Hall–Kier alpha value is -1.99. The number of morpholine rings is 1. The molecule has 1 aromatic carbocycles. The molecular weight excluding hydrogens is 314 g/mol. The number of amides is 1. The fraction of sp³-hybridized carbons (Fsp3) is 0.438. The first-order valence-electron chi connectivity index (χ1n) is 7.47. The number of aromatic nitrogens is 2. The molecule has 0 bridgehead atoms. The first-order valence-corrected chi connectivity index (χ1v) is 7.88. The number of rotatable bonds is 2. The van der Waals surface area contributed by atoms with E-state index < -0.39 is 0 Å². The molecule has 0 radical (unpaired) electrons. The third-order valence-electron chi connectivity index (χ3n) is 3.67. The minimum Gasteiger partial charge on any atom is -0.409 e. The highest BCUT2D eigenvalue weighted by molar-refractivity contribution is 7.71. The first kappa shape index (κ1) is 15.9. The Balaban J connectivity index is 1.79. The van der Waals surface area contributed by atoms with Crippen LogP contribution >= 0.6 is 12.2 Å². The molecule has 1 amide bonds. The molecule has 2 aromatic rings. The molecule has 2 heterocycles. The topological polar surface area (TPSA) is 71.4 Å². The van der Waals surface area contributed by atoms with E-state index in [0.717, 1.165) is 5.56 Å². The van der Waals surface area contributed by atoms with Crippen molar-refractivity contribution in [3.63, 3.8) is 0 Å². The average Bonchev–Trinajstić information content (AvgIpc) is 2.91. The Morgan fingerprint density at radius 2 is 2.09 bits per heavy atom. The van der Waals surface area contributed by atoms with Gasteiger partial charge in [0.25, 0.3) is 10.7 Å². The second-order valence-corrected chi connectivity index (χ2v) is 6.74. The van der Waals surface area contributed by atoms with Gasteiger partial charge < -0.3 is 14.1 Å². The van der Waals surface area contributed by atoms with Gasteiger partial charge in [0, 0.05) is 24.2 Å². The van der Waals surface area contributed by atoms with Crippen LogP contribution in [0.4, 0.5) is 0 Å². The van der Waals surface area contributed by atoms with E-state index in [-0.39, 0.29) is 22.4 Å². The average molecular weight is 333 g/mol. The summed E-state index contributed by atoms with van der Waals surface area (Å²) >= 11 is 4.86. The van der Waals surface area contributed by atoms with Crippen molar-refractivity contribution >= 4 is 18.1 Å². The molecule has 122 valence electrons. The third kappa shape index (κ3) is 3.51. The zero-order valence-corrected chi connectivity index (χ0v) is 14.1. The number of hydrogen-bond acceptors (Lipinski definition) is 5. The van der Waals surface area contributed by atoms with Crippen molar-refractivity contribution in [1.29, 1.82) is 0 Å². The van der Waals surface area contributed by atoms with Crippen LogP contribution in [0.15, 0.2) is 28.7 Å². The molecular formula is C16H19N3O3S. The molecule has 1 saturated heterocycles. The molecule has 1 aromatic heterocycles. The zero-order chi connectivity index (χ0) is 16.6. The lowest BCUT2D eigenvalue weighted by molar-refractivity contribution is -0.118. The van der Waals surface area contributed by atoms with E-state index in [1.54, 1.807) is 24.3 Å². The first-order chi connectivity index (χ1) is 10.8. The van der Waals surface area contributed by atoms with E-state index in [4.69, 9.17) is 21.4 Å². The summed E-state index contributed by atoms with van der Waals surface area (Å²) in [4.78, 5) is 14.8. The van der Waals surface area contributed by atoms with Crippen molar-refractivity contribution in [1.82, 2.24) is 15.1 Å². The van der Waals surface area contributed by atoms with Crippen LogP contribution in [0.2, 0.25) is 0 Å². The van der Waals surface area contributed by atoms with Gasteiger partial charge in [-0.3, -0.25) is 4.79 Å². The monoisotopic (exact) mass is 333 g/mol. The van der Waals surface area contributed by atoms with Crippen LogP contribution in [0.1, 0.15) is 31.1 Å². The Labute approximate surface area is 139 Å². The number of benzene rings is 1. The summed E-state index contributed by atoms with van der Waals surface area (Å²) in [5.74, 6) is 0.415. The largest absolute Gasteiger partial charge is 0.409 e. The molecule has 1 aliphatic heterocycles. The normalized spacial score (nSPS) is 20.5. The molecule has 23 heavy (non-hydrogen) atoms. The molecule has 1 aliphatic rings. The summed E-state index contributed by atoms with van der Waals surface area (Å²) in [5, 5.41) is 6.55. The second-order valence-electron chi connectivity index (χ2n) is 6.37. The maximum Gasteiger partial charge on any atom is 0.284 e. The number of carbonyl (C=O) groups excluding carboxylic acids is 1.